The molecule has 5 heteroatoms. The largest absolute Gasteiger partial charge is 0.326 e. The fourth-order valence-corrected chi connectivity index (χ4v) is 3.89. The fraction of sp³-hybridized carbons (Fsp3) is 0.118. The van der Waals surface area contributed by atoms with Crippen LogP contribution in [0.5, 0.6) is 0 Å². The second-order valence-corrected chi connectivity index (χ2v) is 6.84. The van der Waals surface area contributed by atoms with Crippen LogP contribution in [0.2, 0.25) is 5.02 Å². The summed E-state index contributed by atoms with van der Waals surface area (Å²) >= 11 is 7.75. The summed E-state index contributed by atoms with van der Waals surface area (Å²) in [5, 5.41) is 2.69. The molecule has 0 atom stereocenters. The van der Waals surface area contributed by atoms with E-state index in [1.807, 2.05) is 37.3 Å². The van der Waals surface area contributed by atoms with Gasteiger partial charge in [0.2, 0.25) is 0 Å². The van der Waals surface area contributed by atoms with Crippen LogP contribution in [-0.2, 0) is 6.54 Å². The molecule has 4 aromatic rings. The number of nitrogens with zero attached hydrogens (tertiary/aromatic N) is 2. The Morgan fingerprint density at radius 1 is 1.23 bits per heavy atom. The molecule has 0 aliphatic carbocycles. The molecule has 0 N–H and O–H groups in total. The molecule has 2 nitrogen and oxygen atoms in total. The summed E-state index contributed by atoms with van der Waals surface area (Å²) in [4.78, 5) is 5.67. The minimum absolute atomic E-state index is 0.187. The van der Waals surface area contributed by atoms with E-state index in [0.717, 1.165) is 26.3 Å². The lowest BCUT2D eigenvalue weighted by Crippen LogP contribution is -2.00. The van der Waals surface area contributed by atoms with E-state index in [0.29, 0.717) is 17.1 Å². The highest BCUT2D eigenvalue weighted by Crippen LogP contribution is 2.34. The third-order valence-electron chi connectivity index (χ3n) is 3.75. The van der Waals surface area contributed by atoms with Crippen molar-refractivity contribution in [1.82, 2.24) is 9.55 Å². The molecule has 110 valence electrons. The van der Waals surface area contributed by atoms with E-state index in [2.05, 4.69) is 9.55 Å². The van der Waals surface area contributed by atoms with E-state index in [4.69, 9.17) is 11.6 Å². The van der Waals surface area contributed by atoms with Crippen molar-refractivity contribution in [2.24, 2.45) is 0 Å². The number of aromatic nitrogens is 2. The summed E-state index contributed by atoms with van der Waals surface area (Å²) in [5.41, 5.74) is 2.64. The highest BCUT2D eigenvalue weighted by molar-refractivity contribution is 7.18. The Hall–Kier alpha value is -1.91. The maximum atomic E-state index is 14.0. The van der Waals surface area contributed by atoms with Crippen LogP contribution in [0.25, 0.3) is 21.3 Å². The standard InChI is InChI=1S/C17H12ClFN2S/c1-10-20-16-13-8-12(18)6-7-15(13)21(17(16)22-10)9-11-4-2-3-5-14(11)19/h2-8H,9H2,1H3. The molecule has 2 heterocycles. The third-order valence-corrected chi connectivity index (χ3v) is 4.98. The van der Waals surface area contributed by atoms with Gasteiger partial charge in [0.1, 0.15) is 16.2 Å². The summed E-state index contributed by atoms with van der Waals surface area (Å²) in [6.45, 7) is 2.46. The summed E-state index contributed by atoms with van der Waals surface area (Å²) in [6, 6.07) is 12.6. The van der Waals surface area contributed by atoms with Crippen LogP contribution < -0.4 is 0 Å². The lowest BCUT2D eigenvalue weighted by Gasteiger charge is -2.07. The van der Waals surface area contributed by atoms with Crippen molar-refractivity contribution in [3.63, 3.8) is 0 Å². The zero-order valence-corrected chi connectivity index (χ0v) is 13.4. The fourth-order valence-electron chi connectivity index (χ4n) is 2.77. The van der Waals surface area contributed by atoms with E-state index < -0.39 is 0 Å². The van der Waals surface area contributed by atoms with Gasteiger partial charge in [-0.05, 0) is 31.2 Å². The molecule has 0 unspecified atom stereocenters. The van der Waals surface area contributed by atoms with Crippen LogP contribution in [-0.4, -0.2) is 9.55 Å². The smallest absolute Gasteiger partial charge is 0.128 e. The number of hydrogen-bond donors (Lipinski definition) is 0. The molecule has 0 aliphatic rings. The molecule has 0 saturated heterocycles. The quantitative estimate of drug-likeness (QED) is 0.481. The van der Waals surface area contributed by atoms with Gasteiger partial charge >= 0.3 is 0 Å². The SMILES string of the molecule is Cc1nc2c3cc(Cl)ccc3n(Cc3ccccc3F)c2s1. The van der Waals surface area contributed by atoms with Crippen LogP contribution in [0.15, 0.2) is 42.5 Å². The van der Waals surface area contributed by atoms with Gasteiger partial charge in [0.25, 0.3) is 0 Å². The van der Waals surface area contributed by atoms with Gasteiger partial charge in [0.05, 0.1) is 17.1 Å². The number of fused-ring (bicyclic) bond motifs is 3. The van der Waals surface area contributed by atoms with Gasteiger partial charge in [-0.2, -0.15) is 0 Å². The third kappa shape index (κ3) is 2.11. The summed E-state index contributed by atoms with van der Waals surface area (Å²) in [7, 11) is 0. The van der Waals surface area contributed by atoms with Gasteiger partial charge < -0.3 is 4.57 Å². The number of thiazole rings is 1. The predicted molar refractivity (Wildman–Crippen MR) is 90.4 cm³/mol. The molecule has 0 spiro atoms. The molecule has 22 heavy (non-hydrogen) atoms. The molecule has 0 saturated carbocycles. The monoisotopic (exact) mass is 330 g/mol. The number of rotatable bonds is 2. The normalized spacial score (nSPS) is 11.6. The highest BCUT2D eigenvalue weighted by Gasteiger charge is 2.16. The maximum Gasteiger partial charge on any atom is 0.128 e. The molecular formula is C17H12ClFN2S. The van der Waals surface area contributed by atoms with Gasteiger partial charge in [-0.15, -0.1) is 11.3 Å². The Bertz CT molecular complexity index is 1000. The Morgan fingerprint density at radius 3 is 2.86 bits per heavy atom. The summed E-state index contributed by atoms with van der Waals surface area (Å²) in [6.07, 6.45) is 0. The predicted octanol–water partition coefficient (Wildman–Crippen LogP) is 5.40. The minimum Gasteiger partial charge on any atom is -0.326 e. The van der Waals surface area contributed by atoms with Gasteiger partial charge in [0, 0.05) is 16.0 Å². The van der Waals surface area contributed by atoms with Crippen molar-refractivity contribution < 1.29 is 4.39 Å². The zero-order valence-electron chi connectivity index (χ0n) is 11.8. The highest BCUT2D eigenvalue weighted by atomic mass is 35.5. The second-order valence-electron chi connectivity index (χ2n) is 5.23. The lowest BCUT2D eigenvalue weighted by molar-refractivity contribution is 0.604. The molecular weight excluding hydrogens is 319 g/mol. The molecule has 2 aromatic heterocycles. The second kappa shape index (κ2) is 5.07. The van der Waals surface area contributed by atoms with E-state index >= 15 is 0 Å². The van der Waals surface area contributed by atoms with E-state index in [1.165, 1.54) is 6.07 Å². The van der Waals surface area contributed by atoms with Crippen LogP contribution in [0.3, 0.4) is 0 Å². The Kier molecular flexibility index (Phi) is 3.17. The van der Waals surface area contributed by atoms with Crippen molar-refractivity contribution in [2.45, 2.75) is 13.5 Å². The van der Waals surface area contributed by atoms with Crippen LogP contribution in [0, 0.1) is 12.7 Å². The van der Waals surface area contributed by atoms with Crippen LogP contribution >= 0.6 is 22.9 Å². The molecule has 4 rings (SSSR count). The molecule has 0 fully saturated rings. The topological polar surface area (TPSA) is 17.8 Å². The lowest BCUT2D eigenvalue weighted by atomic mass is 10.2. The maximum absolute atomic E-state index is 14.0. The average Bonchev–Trinajstić information content (AvgIpc) is 2.99. The Balaban J connectivity index is 2.00. The van der Waals surface area contributed by atoms with Gasteiger partial charge in [-0.1, -0.05) is 29.8 Å². The summed E-state index contributed by atoms with van der Waals surface area (Å²) in [5.74, 6) is -0.187. The van der Waals surface area contributed by atoms with Crippen molar-refractivity contribution in [3.05, 3.63) is 63.9 Å². The van der Waals surface area contributed by atoms with E-state index in [-0.39, 0.29) is 5.82 Å². The van der Waals surface area contributed by atoms with Crippen molar-refractivity contribution in [3.8, 4) is 0 Å². The average molecular weight is 331 g/mol. The molecule has 0 radical (unpaired) electrons. The number of aryl methyl sites for hydroxylation is 1. The number of hydrogen-bond acceptors (Lipinski definition) is 2. The first kappa shape index (κ1) is 13.7. The van der Waals surface area contributed by atoms with Crippen LogP contribution in [0.4, 0.5) is 4.39 Å². The van der Waals surface area contributed by atoms with Gasteiger partial charge in [0.15, 0.2) is 0 Å². The first-order valence-electron chi connectivity index (χ1n) is 6.92. The molecule has 0 amide bonds. The van der Waals surface area contributed by atoms with E-state index in [9.17, 15) is 4.39 Å². The van der Waals surface area contributed by atoms with E-state index in [1.54, 1.807) is 17.4 Å². The molecule has 2 aromatic carbocycles. The van der Waals surface area contributed by atoms with Crippen molar-refractivity contribution >= 4 is 44.2 Å². The first-order chi connectivity index (χ1) is 10.6. The minimum atomic E-state index is -0.187. The van der Waals surface area contributed by atoms with Gasteiger partial charge in [-0.3, -0.25) is 0 Å². The molecule has 0 aliphatic heterocycles. The molecule has 0 bridgehead atoms. The zero-order chi connectivity index (χ0) is 15.3. The Labute approximate surface area is 135 Å². The van der Waals surface area contributed by atoms with Gasteiger partial charge in [-0.25, -0.2) is 9.37 Å². The van der Waals surface area contributed by atoms with Crippen molar-refractivity contribution in [1.29, 1.82) is 0 Å². The first-order valence-corrected chi connectivity index (χ1v) is 8.11. The number of halogens is 2. The van der Waals surface area contributed by atoms with Crippen molar-refractivity contribution in [2.75, 3.05) is 0 Å². The Morgan fingerprint density at radius 2 is 2.05 bits per heavy atom. The van der Waals surface area contributed by atoms with Crippen LogP contribution in [0.1, 0.15) is 10.6 Å². The summed E-state index contributed by atoms with van der Waals surface area (Å²) < 4.78 is 16.1. The number of benzene rings is 2.